The lowest BCUT2D eigenvalue weighted by Gasteiger charge is -2.14. The molecule has 8 heteroatoms. The highest BCUT2D eigenvalue weighted by molar-refractivity contribution is 6.01. The number of methoxy groups -OCH3 is 3. The minimum atomic E-state index is -0.361. The van der Waals surface area contributed by atoms with Crippen LogP contribution < -0.4 is 29.1 Å². The van der Waals surface area contributed by atoms with Crippen LogP contribution in [0, 0.1) is 0 Å². The van der Waals surface area contributed by atoms with Crippen molar-refractivity contribution in [2.75, 3.05) is 28.1 Å². The van der Waals surface area contributed by atoms with Gasteiger partial charge in [-0.3, -0.25) is 4.79 Å². The molecule has 0 aliphatic carbocycles. The summed E-state index contributed by atoms with van der Waals surface area (Å²) in [7, 11) is 4.61. The number of ether oxygens (including phenoxy) is 5. The van der Waals surface area contributed by atoms with Gasteiger partial charge in [0, 0.05) is 11.1 Å². The maximum absolute atomic E-state index is 12.3. The number of amides is 1. The summed E-state index contributed by atoms with van der Waals surface area (Å²) in [4.78, 5) is 12.3. The van der Waals surface area contributed by atoms with Gasteiger partial charge in [0.2, 0.25) is 12.5 Å². The molecule has 8 nitrogen and oxygen atoms in total. The molecule has 1 aliphatic rings. The molecule has 0 saturated heterocycles. The fourth-order valence-electron chi connectivity index (χ4n) is 2.59. The quantitative estimate of drug-likeness (QED) is 0.619. The number of hydrazone groups is 1. The molecule has 1 amide bonds. The first-order valence-electron chi connectivity index (χ1n) is 8.12. The van der Waals surface area contributed by atoms with Crippen molar-refractivity contribution in [3.63, 3.8) is 0 Å². The van der Waals surface area contributed by atoms with Gasteiger partial charge in [-0.15, -0.1) is 0 Å². The van der Waals surface area contributed by atoms with Crippen LogP contribution in [0.2, 0.25) is 0 Å². The number of nitrogens with one attached hydrogen (secondary N) is 1. The summed E-state index contributed by atoms with van der Waals surface area (Å²) in [5, 5.41) is 4.16. The zero-order valence-corrected chi connectivity index (χ0v) is 15.5. The summed E-state index contributed by atoms with van der Waals surface area (Å²) in [6, 6.07) is 8.46. The number of hydrogen-bond donors (Lipinski definition) is 1. The molecule has 0 fully saturated rings. The first kappa shape index (κ1) is 18.4. The Labute approximate surface area is 156 Å². The molecule has 2 aromatic rings. The zero-order valence-electron chi connectivity index (χ0n) is 15.5. The Morgan fingerprint density at radius 1 is 0.963 bits per heavy atom. The van der Waals surface area contributed by atoms with Gasteiger partial charge in [-0.1, -0.05) is 0 Å². The molecular weight excluding hydrogens is 352 g/mol. The highest BCUT2D eigenvalue weighted by Crippen LogP contribution is 2.38. The second-order valence-electron chi connectivity index (χ2n) is 5.62. The Bertz CT molecular complexity index is 869. The third-order valence-electron chi connectivity index (χ3n) is 4.04. The third kappa shape index (κ3) is 3.74. The molecule has 0 aromatic heterocycles. The van der Waals surface area contributed by atoms with E-state index in [4.69, 9.17) is 23.7 Å². The standard InChI is InChI=1S/C19H20N2O6/c1-11(13-8-16(23-2)18(25-4)17(9-13)24-3)20-21-19(22)12-5-6-14-15(7-12)27-10-26-14/h5-9H,10H2,1-4H3,(H,21,22)/b20-11+. The van der Waals surface area contributed by atoms with Gasteiger partial charge >= 0.3 is 0 Å². The second kappa shape index (κ2) is 7.86. The number of nitrogens with zero attached hydrogens (tertiary/aromatic N) is 1. The first-order chi connectivity index (χ1) is 13.1. The molecule has 1 heterocycles. The molecule has 0 radical (unpaired) electrons. The van der Waals surface area contributed by atoms with Crippen molar-refractivity contribution in [3.05, 3.63) is 41.5 Å². The van der Waals surface area contributed by atoms with E-state index in [1.807, 2.05) is 0 Å². The van der Waals surface area contributed by atoms with Gasteiger partial charge in [0.05, 0.1) is 27.0 Å². The van der Waals surface area contributed by atoms with E-state index in [1.165, 1.54) is 21.3 Å². The van der Waals surface area contributed by atoms with E-state index in [2.05, 4.69) is 10.5 Å². The molecule has 0 spiro atoms. The Kier molecular flexibility index (Phi) is 5.35. The van der Waals surface area contributed by atoms with Crippen LogP contribution in [0.15, 0.2) is 35.4 Å². The molecule has 27 heavy (non-hydrogen) atoms. The Hall–Kier alpha value is -3.42. The molecule has 1 aliphatic heterocycles. The predicted molar refractivity (Wildman–Crippen MR) is 98.3 cm³/mol. The van der Waals surface area contributed by atoms with Crippen LogP contribution in [0.4, 0.5) is 0 Å². The normalized spacial score (nSPS) is 12.5. The average Bonchev–Trinajstić information content (AvgIpc) is 3.18. The topological polar surface area (TPSA) is 87.6 Å². The van der Waals surface area contributed by atoms with Crippen LogP contribution in [-0.2, 0) is 0 Å². The van der Waals surface area contributed by atoms with Crippen LogP contribution >= 0.6 is 0 Å². The molecular formula is C19H20N2O6. The SMILES string of the molecule is COc1cc(/C(C)=N/NC(=O)c2ccc3c(c2)OCO3)cc(OC)c1OC. The van der Waals surface area contributed by atoms with Crippen molar-refractivity contribution in [2.24, 2.45) is 5.10 Å². The highest BCUT2D eigenvalue weighted by atomic mass is 16.7. The molecule has 2 aromatic carbocycles. The van der Waals surface area contributed by atoms with Crippen molar-refractivity contribution < 1.29 is 28.5 Å². The van der Waals surface area contributed by atoms with Gasteiger partial charge in [-0.05, 0) is 37.3 Å². The summed E-state index contributed by atoms with van der Waals surface area (Å²) in [5.41, 5.74) is 4.24. The predicted octanol–water partition coefficient (Wildman–Crippen LogP) is 2.60. The molecule has 3 rings (SSSR count). The monoisotopic (exact) mass is 372 g/mol. The fraction of sp³-hybridized carbons (Fsp3) is 0.263. The molecule has 142 valence electrons. The number of carbonyl (C=O) groups excluding carboxylic acids is 1. The minimum absolute atomic E-state index is 0.152. The lowest BCUT2D eigenvalue weighted by molar-refractivity contribution is 0.0954. The Morgan fingerprint density at radius 3 is 2.26 bits per heavy atom. The van der Waals surface area contributed by atoms with Crippen LogP contribution in [0.1, 0.15) is 22.8 Å². The Balaban J connectivity index is 1.80. The smallest absolute Gasteiger partial charge is 0.271 e. The van der Waals surface area contributed by atoms with E-state index in [9.17, 15) is 4.79 Å². The minimum Gasteiger partial charge on any atom is -0.493 e. The highest BCUT2D eigenvalue weighted by Gasteiger charge is 2.17. The number of carbonyl (C=O) groups is 1. The van der Waals surface area contributed by atoms with Crippen molar-refractivity contribution >= 4 is 11.6 Å². The molecule has 0 unspecified atom stereocenters. The lowest BCUT2D eigenvalue weighted by Crippen LogP contribution is -2.19. The molecule has 0 saturated carbocycles. The van der Waals surface area contributed by atoms with Gasteiger partial charge in [0.1, 0.15) is 0 Å². The van der Waals surface area contributed by atoms with Gasteiger partial charge in [-0.2, -0.15) is 5.10 Å². The number of hydrogen-bond acceptors (Lipinski definition) is 7. The average molecular weight is 372 g/mol. The van der Waals surface area contributed by atoms with Crippen molar-refractivity contribution in [3.8, 4) is 28.7 Å². The van der Waals surface area contributed by atoms with Crippen molar-refractivity contribution in [1.29, 1.82) is 0 Å². The largest absolute Gasteiger partial charge is 0.493 e. The summed E-state index contributed by atoms with van der Waals surface area (Å²) < 4.78 is 26.5. The van der Waals surface area contributed by atoms with E-state index < -0.39 is 0 Å². The van der Waals surface area contributed by atoms with Crippen molar-refractivity contribution in [1.82, 2.24) is 5.43 Å². The van der Waals surface area contributed by atoms with E-state index in [0.717, 1.165) is 5.56 Å². The Morgan fingerprint density at radius 2 is 1.63 bits per heavy atom. The summed E-state index contributed by atoms with van der Waals surface area (Å²) >= 11 is 0. The van der Waals surface area contributed by atoms with E-state index in [-0.39, 0.29) is 12.7 Å². The third-order valence-corrected chi connectivity index (χ3v) is 4.04. The van der Waals surface area contributed by atoms with Gasteiger partial charge in [0.25, 0.3) is 5.91 Å². The second-order valence-corrected chi connectivity index (χ2v) is 5.62. The molecule has 1 N–H and O–H groups in total. The van der Waals surface area contributed by atoms with Crippen LogP contribution in [-0.4, -0.2) is 39.7 Å². The van der Waals surface area contributed by atoms with E-state index >= 15 is 0 Å². The number of benzene rings is 2. The molecule has 0 atom stereocenters. The zero-order chi connectivity index (χ0) is 19.4. The summed E-state index contributed by atoms with van der Waals surface area (Å²) in [6.45, 7) is 1.92. The van der Waals surface area contributed by atoms with Crippen LogP contribution in [0.3, 0.4) is 0 Å². The van der Waals surface area contributed by atoms with Crippen LogP contribution in [0.5, 0.6) is 28.7 Å². The maximum atomic E-state index is 12.3. The summed E-state index contributed by atoms with van der Waals surface area (Å²) in [6.07, 6.45) is 0. The fourth-order valence-corrected chi connectivity index (χ4v) is 2.59. The van der Waals surface area contributed by atoms with Gasteiger partial charge in [0.15, 0.2) is 23.0 Å². The van der Waals surface area contributed by atoms with Gasteiger partial charge in [-0.25, -0.2) is 5.43 Å². The molecule has 0 bridgehead atoms. The van der Waals surface area contributed by atoms with E-state index in [0.29, 0.717) is 40.0 Å². The number of rotatable bonds is 6. The van der Waals surface area contributed by atoms with Crippen molar-refractivity contribution in [2.45, 2.75) is 6.92 Å². The maximum Gasteiger partial charge on any atom is 0.271 e. The van der Waals surface area contributed by atoms with E-state index in [1.54, 1.807) is 37.3 Å². The first-order valence-corrected chi connectivity index (χ1v) is 8.12. The summed E-state index contributed by atoms with van der Waals surface area (Å²) in [5.74, 6) is 2.28. The van der Waals surface area contributed by atoms with Gasteiger partial charge < -0.3 is 23.7 Å². The lowest BCUT2D eigenvalue weighted by atomic mass is 10.1. The number of fused-ring (bicyclic) bond motifs is 1. The van der Waals surface area contributed by atoms with Crippen LogP contribution in [0.25, 0.3) is 0 Å².